The zero-order valence-corrected chi connectivity index (χ0v) is 10.8. The molecule has 0 aromatic heterocycles. The lowest BCUT2D eigenvalue weighted by molar-refractivity contribution is 0.582. The van der Waals surface area contributed by atoms with Crippen molar-refractivity contribution in [2.75, 3.05) is 7.05 Å². The van der Waals surface area contributed by atoms with Crippen LogP contribution in [0.1, 0.15) is 22.7 Å². The number of likely N-dealkylation sites (N-methyl/N-ethyl adjacent to an activating group) is 1. The summed E-state index contributed by atoms with van der Waals surface area (Å²) in [4.78, 5) is 0. The van der Waals surface area contributed by atoms with Gasteiger partial charge in [0.15, 0.2) is 0 Å². The molecule has 1 atom stereocenters. The first-order valence-corrected chi connectivity index (χ1v) is 6.18. The summed E-state index contributed by atoms with van der Waals surface area (Å²) in [7, 11) is 1.94. The van der Waals surface area contributed by atoms with E-state index in [1.807, 2.05) is 38.2 Å². The smallest absolute Gasteiger partial charge is 0.123 e. The van der Waals surface area contributed by atoms with Crippen molar-refractivity contribution in [3.63, 3.8) is 0 Å². The van der Waals surface area contributed by atoms with Crippen molar-refractivity contribution in [2.24, 2.45) is 0 Å². The summed E-state index contributed by atoms with van der Waals surface area (Å²) in [5.74, 6) is -0.168. The van der Waals surface area contributed by atoms with Crippen LogP contribution in [0.4, 0.5) is 4.39 Å². The first-order chi connectivity index (χ1) is 8.70. The number of hydrogen-bond donors (Lipinski definition) is 1. The van der Waals surface area contributed by atoms with E-state index in [0.29, 0.717) is 0 Å². The van der Waals surface area contributed by atoms with Crippen LogP contribution in [0, 0.1) is 12.7 Å². The van der Waals surface area contributed by atoms with Crippen LogP contribution in [0.15, 0.2) is 48.5 Å². The maximum atomic E-state index is 13.3. The Bertz CT molecular complexity index is 508. The van der Waals surface area contributed by atoms with Crippen LogP contribution in [0.25, 0.3) is 0 Å². The summed E-state index contributed by atoms with van der Waals surface area (Å²) >= 11 is 0. The van der Waals surface area contributed by atoms with E-state index in [9.17, 15) is 4.39 Å². The van der Waals surface area contributed by atoms with Crippen LogP contribution in [-0.4, -0.2) is 7.05 Å². The van der Waals surface area contributed by atoms with Crippen molar-refractivity contribution in [2.45, 2.75) is 19.4 Å². The van der Waals surface area contributed by atoms with Crippen LogP contribution >= 0.6 is 0 Å². The Hall–Kier alpha value is -1.67. The molecule has 2 aromatic carbocycles. The number of hydrogen-bond acceptors (Lipinski definition) is 1. The van der Waals surface area contributed by atoms with Gasteiger partial charge in [-0.15, -0.1) is 0 Å². The van der Waals surface area contributed by atoms with Crippen molar-refractivity contribution in [1.29, 1.82) is 0 Å². The van der Waals surface area contributed by atoms with Crippen molar-refractivity contribution >= 4 is 0 Å². The minimum absolute atomic E-state index is 0.168. The first-order valence-electron chi connectivity index (χ1n) is 6.18. The van der Waals surface area contributed by atoms with Gasteiger partial charge in [0.25, 0.3) is 0 Å². The monoisotopic (exact) mass is 243 g/mol. The van der Waals surface area contributed by atoms with Crippen molar-refractivity contribution in [1.82, 2.24) is 5.32 Å². The van der Waals surface area contributed by atoms with E-state index < -0.39 is 0 Å². The van der Waals surface area contributed by atoms with E-state index in [1.54, 1.807) is 6.07 Å². The molecule has 94 valence electrons. The van der Waals surface area contributed by atoms with Gasteiger partial charge in [0.05, 0.1) is 0 Å². The lowest BCUT2D eigenvalue weighted by Gasteiger charge is -2.18. The molecular formula is C16H18FN. The number of rotatable bonds is 4. The van der Waals surface area contributed by atoms with Gasteiger partial charge in [-0.05, 0) is 49.2 Å². The number of benzene rings is 2. The van der Waals surface area contributed by atoms with E-state index in [4.69, 9.17) is 0 Å². The van der Waals surface area contributed by atoms with Crippen molar-refractivity contribution < 1.29 is 4.39 Å². The molecule has 0 saturated carbocycles. The van der Waals surface area contributed by atoms with E-state index in [2.05, 4.69) is 17.4 Å². The van der Waals surface area contributed by atoms with Gasteiger partial charge in [0.2, 0.25) is 0 Å². The Balaban J connectivity index is 2.23. The molecule has 0 radical (unpaired) electrons. The van der Waals surface area contributed by atoms with Gasteiger partial charge in [-0.2, -0.15) is 0 Å². The second kappa shape index (κ2) is 5.78. The van der Waals surface area contributed by atoms with Crippen LogP contribution in [0.2, 0.25) is 0 Å². The molecule has 0 bridgehead atoms. The average molecular weight is 243 g/mol. The van der Waals surface area contributed by atoms with Crippen molar-refractivity contribution in [3.8, 4) is 0 Å². The van der Waals surface area contributed by atoms with Gasteiger partial charge in [-0.3, -0.25) is 0 Å². The SMILES string of the molecule is CNC(Cc1cc(F)ccc1C)c1ccccc1. The summed E-state index contributed by atoms with van der Waals surface area (Å²) < 4.78 is 13.3. The normalized spacial score (nSPS) is 12.4. The fraction of sp³-hybridized carbons (Fsp3) is 0.250. The molecule has 0 fully saturated rings. The van der Waals surface area contributed by atoms with Gasteiger partial charge in [-0.25, -0.2) is 4.39 Å². The lowest BCUT2D eigenvalue weighted by atomic mass is 9.96. The molecule has 0 aliphatic carbocycles. The Morgan fingerprint density at radius 1 is 1.11 bits per heavy atom. The second-order valence-corrected chi connectivity index (χ2v) is 4.53. The first kappa shape index (κ1) is 12.8. The van der Waals surface area contributed by atoms with Gasteiger partial charge in [0, 0.05) is 6.04 Å². The molecular weight excluding hydrogens is 225 g/mol. The number of aryl methyl sites for hydroxylation is 1. The van der Waals surface area contributed by atoms with E-state index in [1.165, 1.54) is 11.6 Å². The predicted octanol–water partition coefficient (Wildman–Crippen LogP) is 3.64. The lowest BCUT2D eigenvalue weighted by Crippen LogP contribution is -2.19. The number of halogens is 1. The standard InChI is InChI=1S/C16H18FN/c1-12-8-9-15(17)10-14(12)11-16(18-2)13-6-4-3-5-7-13/h3-10,16,18H,11H2,1-2H3. The molecule has 1 nitrogen and oxygen atoms in total. The quantitative estimate of drug-likeness (QED) is 0.864. The van der Waals surface area contributed by atoms with Gasteiger partial charge in [0.1, 0.15) is 5.82 Å². The van der Waals surface area contributed by atoms with Crippen LogP contribution in [0.3, 0.4) is 0 Å². The summed E-state index contributed by atoms with van der Waals surface area (Å²) in [6.45, 7) is 2.02. The third-order valence-corrected chi connectivity index (χ3v) is 3.29. The summed E-state index contributed by atoms with van der Waals surface area (Å²) in [5, 5.41) is 3.29. The largest absolute Gasteiger partial charge is 0.313 e. The van der Waals surface area contributed by atoms with Gasteiger partial charge < -0.3 is 5.32 Å². The molecule has 2 heteroatoms. The Labute approximate surface area is 108 Å². The maximum absolute atomic E-state index is 13.3. The molecule has 1 N–H and O–H groups in total. The highest BCUT2D eigenvalue weighted by molar-refractivity contribution is 5.29. The molecule has 2 rings (SSSR count). The minimum atomic E-state index is -0.168. The summed E-state index contributed by atoms with van der Waals surface area (Å²) in [6, 6.07) is 15.4. The zero-order chi connectivity index (χ0) is 13.0. The fourth-order valence-corrected chi connectivity index (χ4v) is 2.15. The Kier molecular flexibility index (Phi) is 4.11. The van der Waals surface area contributed by atoms with Gasteiger partial charge >= 0.3 is 0 Å². The van der Waals surface area contributed by atoms with E-state index >= 15 is 0 Å². The molecule has 0 aliphatic heterocycles. The highest BCUT2D eigenvalue weighted by Gasteiger charge is 2.11. The highest BCUT2D eigenvalue weighted by Crippen LogP contribution is 2.20. The molecule has 0 saturated heterocycles. The van der Waals surface area contributed by atoms with Crippen LogP contribution in [0.5, 0.6) is 0 Å². The predicted molar refractivity (Wildman–Crippen MR) is 73.1 cm³/mol. The topological polar surface area (TPSA) is 12.0 Å². The molecule has 18 heavy (non-hydrogen) atoms. The van der Waals surface area contributed by atoms with Crippen molar-refractivity contribution in [3.05, 3.63) is 71.0 Å². The third kappa shape index (κ3) is 2.96. The molecule has 0 aliphatic rings. The minimum Gasteiger partial charge on any atom is -0.313 e. The Morgan fingerprint density at radius 3 is 2.50 bits per heavy atom. The highest BCUT2D eigenvalue weighted by atomic mass is 19.1. The number of nitrogens with one attached hydrogen (secondary N) is 1. The fourth-order valence-electron chi connectivity index (χ4n) is 2.15. The summed E-state index contributed by atoms with van der Waals surface area (Å²) in [6.07, 6.45) is 0.796. The van der Waals surface area contributed by atoms with E-state index in [0.717, 1.165) is 17.5 Å². The molecule has 0 amide bonds. The van der Waals surface area contributed by atoms with Crippen LogP contribution in [-0.2, 0) is 6.42 Å². The molecule has 2 aromatic rings. The Morgan fingerprint density at radius 2 is 1.83 bits per heavy atom. The zero-order valence-electron chi connectivity index (χ0n) is 10.8. The second-order valence-electron chi connectivity index (χ2n) is 4.53. The molecule has 1 unspecified atom stereocenters. The maximum Gasteiger partial charge on any atom is 0.123 e. The van der Waals surface area contributed by atoms with Crippen LogP contribution < -0.4 is 5.32 Å². The third-order valence-electron chi connectivity index (χ3n) is 3.29. The van der Waals surface area contributed by atoms with E-state index in [-0.39, 0.29) is 11.9 Å². The summed E-state index contributed by atoms with van der Waals surface area (Å²) in [5.41, 5.74) is 3.41. The molecule has 0 heterocycles. The molecule has 0 spiro atoms. The average Bonchev–Trinajstić information content (AvgIpc) is 2.41. The van der Waals surface area contributed by atoms with Gasteiger partial charge in [-0.1, -0.05) is 36.4 Å².